The van der Waals surface area contributed by atoms with E-state index in [1.54, 1.807) is 55.6 Å². The Hall–Kier alpha value is -2.53. The summed E-state index contributed by atoms with van der Waals surface area (Å²) in [7, 11) is 0. The number of aryl methyl sites for hydroxylation is 1. The molecule has 29 heavy (non-hydrogen) atoms. The Morgan fingerprint density at radius 2 is 1.83 bits per heavy atom. The van der Waals surface area contributed by atoms with Crippen LogP contribution >= 0.6 is 34.8 Å². The zero-order chi connectivity index (χ0) is 20.7. The molecular weight excluding hydrogens is 431 g/mol. The molecule has 146 valence electrons. The van der Waals surface area contributed by atoms with E-state index in [2.05, 4.69) is 9.98 Å². The number of hydrogen-bond donors (Lipinski definition) is 1. The third kappa shape index (κ3) is 3.84. The highest BCUT2D eigenvalue weighted by molar-refractivity contribution is 6.33. The summed E-state index contributed by atoms with van der Waals surface area (Å²) in [5, 5.41) is 11.9. The Morgan fingerprint density at radius 1 is 1.03 bits per heavy atom. The van der Waals surface area contributed by atoms with Crippen LogP contribution in [-0.2, 0) is 0 Å². The van der Waals surface area contributed by atoms with Crippen molar-refractivity contribution in [2.45, 2.75) is 13.8 Å². The molecule has 4 nitrogen and oxygen atoms in total. The van der Waals surface area contributed by atoms with Crippen molar-refractivity contribution in [2.24, 2.45) is 4.99 Å². The molecule has 7 heteroatoms. The lowest BCUT2D eigenvalue weighted by atomic mass is 10.1. The average molecular weight is 446 g/mol. The normalized spacial score (nSPS) is 11.6. The van der Waals surface area contributed by atoms with E-state index in [-0.39, 0.29) is 5.75 Å². The molecule has 1 heterocycles. The van der Waals surface area contributed by atoms with Crippen molar-refractivity contribution in [3.63, 3.8) is 0 Å². The smallest absolute Gasteiger partial charge is 0.228 e. The molecule has 4 rings (SSSR count). The molecule has 0 aliphatic heterocycles. The van der Waals surface area contributed by atoms with Gasteiger partial charge < -0.3 is 9.52 Å². The third-order valence-electron chi connectivity index (χ3n) is 4.56. The first-order chi connectivity index (χ1) is 13.8. The summed E-state index contributed by atoms with van der Waals surface area (Å²) < 4.78 is 5.81. The number of hydrogen-bond acceptors (Lipinski definition) is 4. The summed E-state index contributed by atoms with van der Waals surface area (Å²) in [5.74, 6) is 0.486. The number of aliphatic imine (C=N–C) groups is 1. The van der Waals surface area contributed by atoms with Crippen LogP contribution in [0, 0.1) is 13.8 Å². The van der Waals surface area contributed by atoms with E-state index in [1.807, 2.05) is 6.92 Å². The molecule has 0 amide bonds. The van der Waals surface area contributed by atoms with Gasteiger partial charge in [-0.25, -0.2) is 4.98 Å². The zero-order valence-electron chi connectivity index (χ0n) is 15.5. The lowest BCUT2D eigenvalue weighted by Gasteiger charge is -2.08. The molecule has 0 bridgehead atoms. The molecule has 0 spiro atoms. The van der Waals surface area contributed by atoms with Crippen LogP contribution in [0.2, 0.25) is 15.1 Å². The van der Waals surface area contributed by atoms with Gasteiger partial charge in [-0.2, -0.15) is 0 Å². The number of benzene rings is 3. The fourth-order valence-corrected chi connectivity index (χ4v) is 3.51. The van der Waals surface area contributed by atoms with Crippen LogP contribution in [-0.4, -0.2) is 16.3 Å². The molecule has 4 aromatic rings. The van der Waals surface area contributed by atoms with Gasteiger partial charge in [0.15, 0.2) is 5.58 Å². The van der Waals surface area contributed by atoms with E-state index < -0.39 is 0 Å². The highest BCUT2D eigenvalue weighted by Gasteiger charge is 2.13. The first-order valence-electron chi connectivity index (χ1n) is 8.72. The van der Waals surface area contributed by atoms with Gasteiger partial charge in [-0.1, -0.05) is 34.8 Å². The van der Waals surface area contributed by atoms with Gasteiger partial charge in [-0.05, 0) is 61.9 Å². The molecule has 0 aliphatic carbocycles. The second-order valence-electron chi connectivity index (χ2n) is 6.62. The summed E-state index contributed by atoms with van der Waals surface area (Å²) >= 11 is 18.6. The lowest BCUT2D eigenvalue weighted by Crippen LogP contribution is -1.90. The van der Waals surface area contributed by atoms with Gasteiger partial charge in [-0.3, -0.25) is 4.99 Å². The Balaban J connectivity index is 1.73. The number of rotatable bonds is 3. The number of phenols is 1. The molecular formula is C22H15Cl3N2O2. The maximum absolute atomic E-state index is 10.3. The number of nitrogens with zero attached hydrogens (tertiary/aromatic N) is 2. The molecule has 1 N–H and O–H groups in total. The van der Waals surface area contributed by atoms with E-state index in [9.17, 15) is 5.11 Å². The van der Waals surface area contributed by atoms with Gasteiger partial charge in [-0.15, -0.1) is 0 Å². The zero-order valence-corrected chi connectivity index (χ0v) is 17.8. The fourth-order valence-electron chi connectivity index (χ4n) is 3.00. The van der Waals surface area contributed by atoms with Gasteiger partial charge in [0.25, 0.3) is 0 Å². The Morgan fingerprint density at radius 3 is 2.62 bits per heavy atom. The first-order valence-corrected chi connectivity index (χ1v) is 9.85. The van der Waals surface area contributed by atoms with E-state index in [1.165, 1.54) is 0 Å². The van der Waals surface area contributed by atoms with Crippen LogP contribution < -0.4 is 0 Å². The van der Waals surface area contributed by atoms with Crippen LogP contribution in [0.1, 0.15) is 16.7 Å². The summed E-state index contributed by atoms with van der Waals surface area (Å²) in [4.78, 5) is 8.94. The van der Waals surface area contributed by atoms with Gasteiger partial charge in [0, 0.05) is 22.4 Å². The second-order valence-corrected chi connectivity index (χ2v) is 7.85. The maximum Gasteiger partial charge on any atom is 0.228 e. The lowest BCUT2D eigenvalue weighted by molar-refractivity contribution is 0.470. The SMILES string of the molecule is Cc1cc(C=Nc2ccc(Cl)c(-c3nc4cc(Cl)ccc4o3)c2)c(O)c(C)c1Cl. The van der Waals surface area contributed by atoms with Gasteiger partial charge in [0.2, 0.25) is 5.89 Å². The maximum atomic E-state index is 10.3. The highest BCUT2D eigenvalue weighted by Crippen LogP contribution is 2.34. The molecule has 0 saturated carbocycles. The van der Waals surface area contributed by atoms with Gasteiger partial charge >= 0.3 is 0 Å². The number of oxazole rings is 1. The molecule has 0 radical (unpaired) electrons. The predicted molar refractivity (Wildman–Crippen MR) is 119 cm³/mol. The monoisotopic (exact) mass is 444 g/mol. The Labute approximate surface area is 182 Å². The van der Waals surface area contributed by atoms with Crippen molar-refractivity contribution in [2.75, 3.05) is 0 Å². The minimum absolute atomic E-state index is 0.106. The van der Waals surface area contributed by atoms with Crippen molar-refractivity contribution in [1.29, 1.82) is 0 Å². The van der Waals surface area contributed by atoms with E-state index >= 15 is 0 Å². The first kappa shape index (κ1) is 19.8. The Kier molecular flexibility index (Phi) is 5.26. The predicted octanol–water partition coefficient (Wildman–Crippen LogP) is 7.53. The van der Waals surface area contributed by atoms with Crippen molar-refractivity contribution >= 4 is 57.8 Å². The minimum atomic E-state index is 0.106. The number of fused-ring (bicyclic) bond motifs is 1. The molecule has 0 atom stereocenters. The van der Waals surface area contributed by atoms with Crippen molar-refractivity contribution < 1.29 is 9.52 Å². The highest BCUT2D eigenvalue weighted by atomic mass is 35.5. The third-order valence-corrected chi connectivity index (χ3v) is 5.71. The van der Waals surface area contributed by atoms with Crippen molar-refractivity contribution in [3.05, 3.63) is 74.2 Å². The number of phenolic OH excluding ortho intramolecular Hbond substituents is 1. The van der Waals surface area contributed by atoms with E-state index in [0.29, 0.717) is 54.4 Å². The summed E-state index contributed by atoms with van der Waals surface area (Å²) in [5.41, 5.74) is 4.58. The summed E-state index contributed by atoms with van der Waals surface area (Å²) in [6.07, 6.45) is 1.59. The second kappa shape index (κ2) is 7.71. The molecule has 3 aromatic carbocycles. The van der Waals surface area contributed by atoms with Crippen LogP contribution in [0.4, 0.5) is 5.69 Å². The molecule has 0 aliphatic rings. The summed E-state index contributed by atoms with van der Waals surface area (Å²) in [6, 6.07) is 12.3. The van der Waals surface area contributed by atoms with E-state index in [4.69, 9.17) is 39.2 Å². The quantitative estimate of drug-likeness (QED) is 0.332. The van der Waals surface area contributed by atoms with E-state index in [0.717, 1.165) is 5.56 Å². The topological polar surface area (TPSA) is 58.6 Å². The fraction of sp³-hybridized carbons (Fsp3) is 0.0909. The molecule has 0 saturated heterocycles. The standard InChI is InChI=1S/C22H15Cl3N2O2/c1-11-7-13(21(28)12(2)20(11)25)10-26-15-4-5-17(24)16(9-15)22-27-18-8-14(23)3-6-19(18)29-22/h3-10,28H,1-2H3. The molecule has 0 unspecified atom stereocenters. The molecule has 1 aromatic heterocycles. The Bertz CT molecular complexity index is 1280. The van der Waals surface area contributed by atoms with Gasteiger partial charge in [0.05, 0.1) is 21.3 Å². The number of halogens is 3. The van der Waals surface area contributed by atoms with Crippen LogP contribution in [0.25, 0.3) is 22.6 Å². The number of aromatic nitrogens is 1. The van der Waals surface area contributed by atoms with Crippen LogP contribution in [0.3, 0.4) is 0 Å². The average Bonchev–Trinajstić information content (AvgIpc) is 3.12. The van der Waals surface area contributed by atoms with Crippen LogP contribution in [0.5, 0.6) is 5.75 Å². The van der Waals surface area contributed by atoms with Crippen molar-refractivity contribution in [1.82, 2.24) is 4.98 Å². The minimum Gasteiger partial charge on any atom is -0.507 e. The van der Waals surface area contributed by atoms with Gasteiger partial charge in [0.1, 0.15) is 11.3 Å². The van der Waals surface area contributed by atoms with Crippen LogP contribution in [0.15, 0.2) is 51.9 Å². The number of aromatic hydroxyl groups is 1. The van der Waals surface area contributed by atoms with Crippen molar-refractivity contribution in [3.8, 4) is 17.2 Å². The largest absolute Gasteiger partial charge is 0.507 e. The summed E-state index contributed by atoms with van der Waals surface area (Å²) in [6.45, 7) is 3.65. The molecule has 0 fully saturated rings.